The first kappa shape index (κ1) is 28.0. The zero-order valence-electron chi connectivity index (χ0n) is 20.6. The predicted molar refractivity (Wildman–Crippen MR) is 133 cm³/mol. The summed E-state index contributed by atoms with van der Waals surface area (Å²) in [6, 6.07) is 10.5. The zero-order valence-corrected chi connectivity index (χ0v) is 21.4. The molecule has 2 rings (SSSR count). The Kier molecular flexibility index (Phi) is 9.53. The summed E-state index contributed by atoms with van der Waals surface area (Å²) in [5.74, 6) is -1.67. The molecule has 8 nitrogen and oxygen atoms in total. The number of Topliss-reactive ketones (excluding diaryl/α,β-unsaturated/α-hetero) is 1. The van der Waals surface area contributed by atoms with Crippen molar-refractivity contribution in [2.24, 2.45) is 0 Å². The lowest BCUT2D eigenvalue weighted by atomic mass is 10.1. The topological polar surface area (TPSA) is 104 Å². The Morgan fingerprint density at radius 1 is 1.06 bits per heavy atom. The number of nitrogens with zero attached hydrogens (tertiary/aromatic N) is 2. The second kappa shape index (κ2) is 11.9. The van der Waals surface area contributed by atoms with Crippen molar-refractivity contribution in [2.75, 3.05) is 17.1 Å². The molecule has 35 heavy (non-hydrogen) atoms. The van der Waals surface area contributed by atoms with Crippen molar-refractivity contribution in [1.29, 1.82) is 0 Å². The van der Waals surface area contributed by atoms with E-state index in [4.69, 9.17) is 0 Å². The quantitative estimate of drug-likeness (QED) is 0.473. The Balaban J connectivity index is 2.47. The molecule has 2 aromatic carbocycles. The number of rotatable bonds is 11. The van der Waals surface area contributed by atoms with Crippen molar-refractivity contribution in [1.82, 2.24) is 10.2 Å². The number of amides is 2. The van der Waals surface area contributed by atoms with Crippen molar-refractivity contribution < 1.29 is 27.2 Å². The molecule has 0 aliphatic carbocycles. The van der Waals surface area contributed by atoms with E-state index in [1.807, 2.05) is 0 Å². The fourth-order valence-corrected chi connectivity index (χ4v) is 4.42. The van der Waals surface area contributed by atoms with E-state index in [0.29, 0.717) is 11.1 Å². The molecule has 0 fully saturated rings. The molecular formula is C25H32FN3O5S. The van der Waals surface area contributed by atoms with Gasteiger partial charge in [0, 0.05) is 18.2 Å². The van der Waals surface area contributed by atoms with Gasteiger partial charge in [-0.2, -0.15) is 0 Å². The fraction of sp³-hybridized carbons (Fsp3) is 0.400. The van der Waals surface area contributed by atoms with Gasteiger partial charge in [-0.25, -0.2) is 12.8 Å². The number of sulfonamides is 1. The largest absolute Gasteiger partial charge is 0.352 e. The lowest BCUT2D eigenvalue weighted by Crippen LogP contribution is -2.53. The Morgan fingerprint density at radius 2 is 1.69 bits per heavy atom. The Bertz CT molecular complexity index is 1170. The van der Waals surface area contributed by atoms with Gasteiger partial charge in [-0.3, -0.25) is 18.7 Å². The Hall–Kier alpha value is -3.27. The van der Waals surface area contributed by atoms with E-state index >= 15 is 0 Å². The maximum Gasteiger partial charge on any atom is 0.244 e. The van der Waals surface area contributed by atoms with Crippen LogP contribution >= 0.6 is 0 Å². The molecule has 1 atom stereocenters. The molecule has 0 unspecified atom stereocenters. The van der Waals surface area contributed by atoms with Crippen LogP contribution in [0, 0.1) is 5.82 Å². The van der Waals surface area contributed by atoms with Crippen LogP contribution in [0.4, 0.5) is 10.1 Å². The van der Waals surface area contributed by atoms with Crippen LogP contribution < -0.4 is 9.62 Å². The first-order valence-corrected chi connectivity index (χ1v) is 13.1. The van der Waals surface area contributed by atoms with Gasteiger partial charge in [0.05, 0.1) is 11.9 Å². The summed E-state index contributed by atoms with van der Waals surface area (Å²) < 4.78 is 39.6. The van der Waals surface area contributed by atoms with E-state index in [2.05, 4.69) is 5.32 Å². The van der Waals surface area contributed by atoms with Crippen LogP contribution in [0.3, 0.4) is 0 Å². The van der Waals surface area contributed by atoms with E-state index in [9.17, 15) is 27.2 Å². The summed E-state index contributed by atoms with van der Waals surface area (Å²) in [5.41, 5.74) is 1.05. The molecule has 0 aromatic heterocycles. The van der Waals surface area contributed by atoms with Gasteiger partial charge in [0.25, 0.3) is 0 Å². The first-order valence-electron chi connectivity index (χ1n) is 11.3. The first-order chi connectivity index (χ1) is 16.3. The van der Waals surface area contributed by atoms with Crippen molar-refractivity contribution in [3.63, 3.8) is 0 Å². The minimum Gasteiger partial charge on any atom is -0.352 e. The van der Waals surface area contributed by atoms with Gasteiger partial charge in [0.1, 0.15) is 18.4 Å². The highest BCUT2D eigenvalue weighted by atomic mass is 32.2. The number of carbonyl (C=O) groups is 3. The molecule has 2 amide bonds. The summed E-state index contributed by atoms with van der Waals surface area (Å²) in [5, 5.41) is 2.80. The second-order valence-electron chi connectivity index (χ2n) is 8.61. The molecule has 190 valence electrons. The molecule has 0 heterocycles. The normalized spacial score (nSPS) is 12.2. The maximum absolute atomic E-state index is 13.6. The van der Waals surface area contributed by atoms with E-state index in [-0.39, 0.29) is 36.4 Å². The summed E-state index contributed by atoms with van der Waals surface area (Å²) in [6.45, 7) is 6.11. The van der Waals surface area contributed by atoms with E-state index in [1.165, 1.54) is 54.3 Å². The van der Waals surface area contributed by atoms with E-state index in [1.54, 1.807) is 26.8 Å². The molecule has 1 N–H and O–H groups in total. The molecule has 0 bridgehead atoms. The van der Waals surface area contributed by atoms with Crippen LogP contribution in [-0.4, -0.2) is 55.8 Å². The van der Waals surface area contributed by atoms with Crippen molar-refractivity contribution in [3.8, 4) is 0 Å². The van der Waals surface area contributed by atoms with Crippen molar-refractivity contribution in [3.05, 3.63) is 65.5 Å². The van der Waals surface area contributed by atoms with Crippen LogP contribution in [0.25, 0.3) is 0 Å². The van der Waals surface area contributed by atoms with Gasteiger partial charge in [0.15, 0.2) is 5.78 Å². The molecular weight excluding hydrogens is 473 g/mol. The van der Waals surface area contributed by atoms with Gasteiger partial charge >= 0.3 is 0 Å². The van der Waals surface area contributed by atoms with E-state index in [0.717, 1.165) is 10.6 Å². The van der Waals surface area contributed by atoms with Crippen LogP contribution in [0.2, 0.25) is 0 Å². The van der Waals surface area contributed by atoms with Crippen molar-refractivity contribution >= 4 is 33.3 Å². The summed E-state index contributed by atoms with van der Waals surface area (Å²) >= 11 is 0. The molecule has 0 spiro atoms. The summed E-state index contributed by atoms with van der Waals surface area (Å²) in [6.07, 6.45) is 1.25. The van der Waals surface area contributed by atoms with Gasteiger partial charge in [-0.05, 0) is 57.0 Å². The summed E-state index contributed by atoms with van der Waals surface area (Å²) in [4.78, 5) is 39.6. The highest BCUT2D eigenvalue weighted by Gasteiger charge is 2.32. The van der Waals surface area contributed by atoms with Gasteiger partial charge in [-0.1, -0.05) is 31.2 Å². The number of carbonyl (C=O) groups excluding carboxylic acids is 3. The van der Waals surface area contributed by atoms with Gasteiger partial charge < -0.3 is 10.2 Å². The highest BCUT2D eigenvalue weighted by Crippen LogP contribution is 2.21. The van der Waals surface area contributed by atoms with Gasteiger partial charge in [0.2, 0.25) is 21.8 Å². The third kappa shape index (κ3) is 7.88. The average molecular weight is 506 g/mol. The smallest absolute Gasteiger partial charge is 0.244 e. The third-order valence-electron chi connectivity index (χ3n) is 5.30. The number of anilines is 1. The monoisotopic (exact) mass is 505 g/mol. The lowest BCUT2D eigenvalue weighted by molar-refractivity contribution is -0.140. The molecule has 2 aromatic rings. The Labute approximate surface area is 206 Å². The molecule has 0 aliphatic rings. The second-order valence-corrected chi connectivity index (χ2v) is 10.5. The lowest BCUT2D eigenvalue weighted by Gasteiger charge is -2.33. The molecule has 10 heteroatoms. The minimum absolute atomic E-state index is 0.0196. The SMILES string of the molecule is CC[C@@H](C(=O)NC(C)C)N(Cc1ccc(F)cc1)C(=O)CN(c1cccc(C(C)=O)c1)S(C)(=O)=O. The number of hydrogen-bond donors (Lipinski definition) is 1. The Morgan fingerprint density at radius 3 is 2.20 bits per heavy atom. The van der Waals surface area contributed by atoms with E-state index < -0.39 is 34.3 Å². The number of ketones is 1. The van der Waals surface area contributed by atoms with Crippen LogP contribution in [0.15, 0.2) is 48.5 Å². The molecule has 0 saturated carbocycles. The highest BCUT2D eigenvalue weighted by molar-refractivity contribution is 7.92. The predicted octanol–water partition coefficient (Wildman–Crippen LogP) is 3.13. The number of nitrogens with one attached hydrogen (secondary N) is 1. The summed E-state index contributed by atoms with van der Waals surface area (Å²) in [7, 11) is -3.91. The molecule has 0 saturated heterocycles. The average Bonchev–Trinajstić information content (AvgIpc) is 2.77. The number of hydrogen-bond acceptors (Lipinski definition) is 5. The van der Waals surface area contributed by atoms with Crippen molar-refractivity contribution in [2.45, 2.75) is 52.7 Å². The number of benzene rings is 2. The maximum atomic E-state index is 13.6. The number of halogens is 1. The van der Waals surface area contributed by atoms with Crippen LogP contribution in [0.1, 0.15) is 50.0 Å². The zero-order chi connectivity index (χ0) is 26.3. The third-order valence-corrected chi connectivity index (χ3v) is 6.44. The fourth-order valence-electron chi connectivity index (χ4n) is 3.58. The van der Waals surface area contributed by atoms with Crippen LogP contribution in [-0.2, 0) is 26.2 Å². The van der Waals surface area contributed by atoms with Crippen LogP contribution in [0.5, 0.6) is 0 Å². The van der Waals surface area contributed by atoms with Gasteiger partial charge in [-0.15, -0.1) is 0 Å². The minimum atomic E-state index is -3.91. The molecule has 0 aliphatic heterocycles. The molecule has 0 radical (unpaired) electrons. The standard InChI is InChI=1S/C25H32FN3O5S/c1-6-23(25(32)27-17(2)3)28(15-19-10-12-21(26)13-11-19)24(31)16-29(35(5,33)34)22-9-7-8-20(14-22)18(4)30/h7-14,17,23H,6,15-16H2,1-5H3,(H,27,32)/t23-/m0/s1.